The molecule has 1 saturated carbocycles. The molecule has 0 aromatic rings. The van der Waals surface area contributed by atoms with Crippen molar-refractivity contribution in [3.05, 3.63) is 12.2 Å². The van der Waals surface area contributed by atoms with Crippen LogP contribution in [-0.4, -0.2) is 17.3 Å². The van der Waals surface area contributed by atoms with Crippen molar-refractivity contribution in [2.45, 2.75) is 20.0 Å². The van der Waals surface area contributed by atoms with Crippen LogP contribution in [0, 0.1) is 17.3 Å². The first-order valence-corrected chi connectivity index (χ1v) is 4.15. The van der Waals surface area contributed by atoms with Crippen molar-refractivity contribution in [1.82, 2.24) is 0 Å². The lowest BCUT2D eigenvalue weighted by Gasteiger charge is -1.98. The Bertz CT molecular complexity index is 278. The highest BCUT2D eigenvalue weighted by molar-refractivity contribution is 5.76. The molecule has 0 aliphatic heterocycles. The monoisotopic (exact) mass is 208 g/mol. The van der Waals surface area contributed by atoms with Gasteiger partial charge in [0.15, 0.2) is 0 Å². The molecular formula is C9H11F3O2. The summed E-state index contributed by atoms with van der Waals surface area (Å²) in [6, 6.07) is 0. The van der Waals surface area contributed by atoms with Gasteiger partial charge in [0.05, 0.1) is 5.92 Å². The van der Waals surface area contributed by atoms with E-state index in [1.54, 1.807) is 13.8 Å². The van der Waals surface area contributed by atoms with Gasteiger partial charge in [-0.1, -0.05) is 19.9 Å². The second kappa shape index (κ2) is 3.00. The molecule has 5 heteroatoms. The maximum absolute atomic E-state index is 11.8. The number of allylic oxidation sites excluding steroid dienone is 2. The number of hydrogen-bond donors (Lipinski definition) is 1. The summed E-state index contributed by atoms with van der Waals surface area (Å²) < 4.78 is 35.4. The Morgan fingerprint density at radius 1 is 1.43 bits per heavy atom. The van der Waals surface area contributed by atoms with Crippen molar-refractivity contribution in [1.29, 1.82) is 0 Å². The highest BCUT2D eigenvalue weighted by Gasteiger charge is 2.60. The summed E-state index contributed by atoms with van der Waals surface area (Å²) in [7, 11) is 0. The number of rotatable bonds is 2. The fraction of sp³-hybridized carbons (Fsp3) is 0.667. The predicted molar refractivity (Wildman–Crippen MR) is 43.6 cm³/mol. The summed E-state index contributed by atoms with van der Waals surface area (Å²) in [5.41, 5.74) is -0.562. The van der Waals surface area contributed by atoms with E-state index >= 15 is 0 Å². The average Bonchev–Trinajstić information content (AvgIpc) is 2.47. The third kappa shape index (κ3) is 2.08. The molecule has 0 saturated heterocycles. The molecule has 2 nitrogen and oxygen atoms in total. The van der Waals surface area contributed by atoms with Gasteiger partial charge in [0.25, 0.3) is 0 Å². The molecule has 0 aromatic carbocycles. The number of alkyl halides is 3. The summed E-state index contributed by atoms with van der Waals surface area (Å²) >= 11 is 0. The van der Waals surface area contributed by atoms with Crippen molar-refractivity contribution in [3.8, 4) is 0 Å². The van der Waals surface area contributed by atoms with Crippen LogP contribution in [0.25, 0.3) is 0 Å². The average molecular weight is 208 g/mol. The summed E-state index contributed by atoms with van der Waals surface area (Å²) in [5.74, 6) is -2.24. The van der Waals surface area contributed by atoms with Gasteiger partial charge in [-0.2, -0.15) is 13.2 Å². The molecule has 80 valence electrons. The molecule has 1 aliphatic carbocycles. The minimum Gasteiger partial charge on any atom is -0.481 e. The minimum absolute atomic E-state index is 0.113. The van der Waals surface area contributed by atoms with Gasteiger partial charge in [0.1, 0.15) is 0 Å². The van der Waals surface area contributed by atoms with E-state index in [4.69, 9.17) is 5.11 Å². The zero-order chi connectivity index (χ0) is 11.1. The Morgan fingerprint density at radius 2 is 1.93 bits per heavy atom. The van der Waals surface area contributed by atoms with Crippen molar-refractivity contribution < 1.29 is 23.1 Å². The van der Waals surface area contributed by atoms with Gasteiger partial charge >= 0.3 is 12.1 Å². The van der Waals surface area contributed by atoms with Gasteiger partial charge in [-0.15, -0.1) is 0 Å². The van der Waals surface area contributed by atoms with Crippen molar-refractivity contribution in [2.24, 2.45) is 17.3 Å². The number of aliphatic carboxylic acids is 1. The minimum atomic E-state index is -4.36. The second-order valence-electron chi connectivity index (χ2n) is 4.06. The van der Waals surface area contributed by atoms with E-state index in [0.29, 0.717) is 0 Å². The SMILES string of the molecule is CC1(C)C(/C=C\C(F)(F)F)C1C(=O)O. The van der Waals surface area contributed by atoms with Gasteiger partial charge < -0.3 is 5.11 Å². The number of hydrogen-bond acceptors (Lipinski definition) is 1. The molecule has 1 fully saturated rings. The van der Waals surface area contributed by atoms with Crippen LogP contribution in [0.2, 0.25) is 0 Å². The van der Waals surface area contributed by atoms with E-state index in [1.807, 2.05) is 0 Å². The molecule has 0 amide bonds. The van der Waals surface area contributed by atoms with Crippen LogP contribution in [0.1, 0.15) is 13.8 Å². The third-order valence-corrected chi connectivity index (χ3v) is 2.67. The first-order valence-electron chi connectivity index (χ1n) is 4.15. The van der Waals surface area contributed by atoms with Crippen molar-refractivity contribution in [2.75, 3.05) is 0 Å². The van der Waals surface area contributed by atoms with Crippen LogP contribution in [0.15, 0.2) is 12.2 Å². The second-order valence-corrected chi connectivity index (χ2v) is 4.06. The zero-order valence-corrected chi connectivity index (χ0v) is 7.80. The molecule has 14 heavy (non-hydrogen) atoms. The van der Waals surface area contributed by atoms with Gasteiger partial charge in [-0.05, 0) is 11.3 Å². The smallest absolute Gasteiger partial charge is 0.409 e. The standard InChI is InChI=1S/C9H11F3O2/c1-8(2)5(6(8)7(13)14)3-4-9(10,11)12/h3-6H,1-2H3,(H,13,14)/b4-3-. The molecule has 0 radical (unpaired) electrons. The normalized spacial score (nSPS) is 30.6. The highest BCUT2D eigenvalue weighted by atomic mass is 19.4. The predicted octanol–water partition coefficient (Wildman–Crippen LogP) is 2.46. The van der Waals surface area contributed by atoms with E-state index in [0.717, 1.165) is 6.08 Å². The van der Waals surface area contributed by atoms with Crippen LogP contribution < -0.4 is 0 Å². The Balaban J connectivity index is 2.67. The molecule has 1 aliphatic rings. The molecule has 2 atom stereocenters. The lowest BCUT2D eigenvalue weighted by atomic mass is 10.1. The van der Waals surface area contributed by atoms with E-state index in [-0.39, 0.29) is 6.08 Å². The Labute approximate surface area is 79.4 Å². The maximum atomic E-state index is 11.8. The summed E-state index contributed by atoms with van der Waals surface area (Å²) in [6.07, 6.45) is -3.30. The number of carboxylic acid groups (broad SMARTS) is 1. The van der Waals surface area contributed by atoms with Gasteiger partial charge in [-0.3, -0.25) is 4.79 Å². The lowest BCUT2D eigenvalue weighted by Crippen LogP contribution is -2.03. The number of carbonyl (C=O) groups is 1. The number of carboxylic acids is 1. The molecule has 2 unspecified atom stereocenters. The molecule has 1 rings (SSSR count). The van der Waals surface area contributed by atoms with Crippen molar-refractivity contribution in [3.63, 3.8) is 0 Å². The van der Waals surface area contributed by atoms with E-state index in [9.17, 15) is 18.0 Å². The molecule has 0 bridgehead atoms. The first-order chi connectivity index (χ1) is 6.16. The topological polar surface area (TPSA) is 37.3 Å². The molecule has 0 heterocycles. The van der Waals surface area contributed by atoms with Crippen LogP contribution in [0.3, 0.4) is 0 Å². The maximum Gasteiger partial charge on any atom is 0.409 e. The van der Waals surface area contributed by atoms with Gasteiger partial charge in [-0.25, -0.2) is 0 Å². The van der Waals surface area contributed by atoms with Crippen LogP contribution >= 0.6 is 0 Å². The zero-order valence-electron chi connectivity index (χ0n) is 7.80. The van der Waals surface area contributed by atoms with Crippen LogP contribution in [0.5, 0.6) is 0 Å². The molecule has 0 spiro atoms. The summed E-state index contributed by atoms with van der Waals surface area (Å²) in [4.78, 5) is 10.6. The lowest BCUT2D eigenvalue weighted by molar-refractivity contribution is -0.139. The van der Waals surface area contributed by atoms with E-state index < -0.39 is 29.4 Å². The quantitative estimate of drug-likeness (QED) is 0.708. The fourth-order valence-electron chi connectivity index (χ4n) is 1.72. The van der Waals surface area contributed by atoms with Gasteiger partial charge in [0, 0.05) is 6.08 Å². The summed E-state index contributed by atoms with van der Waals surface area (Å²) in [5, 5.41) is 8.67. The largest absolute Gasteiger partial charge is 0.481 e. The first kappa shape index (κ1) is 11.1. The molecule has 1 N–H and O–H groups in total. The molecule has 0 aromatic heterocycles. The highest BCUT2D eigenvalue weighted by Crippen LogP contribution is 2.59. The van der Waals surface area contributed by atoms with E-state index in [1.165, 1.54) is 0 Å². The Hall–Kier alpha value is -1.00. The molecular weight excluding hydrogens is 197 g/mol. The van der Waals surface area contributed by atoms with Crippen molar-refractivity contribution >= 4 is 5.97 Å². The fourth-order valence-corrected chi connectivity index (χ4v) is 1.72. The van der Waals surface area contributed by atoms with Crippen LogP contribution in [0.4, 0.5) is 13.2 Å². The third-order valence-electron chi connectivity index (χ3n) is 2.67. The number of halogens is 3. The Morgan fingerprint density at radius 3 is 2.21 bits per heavy atom. The Kier molecular flexibility index (Phi) is 2.37. The van der Waals surface area contributed by atoms with Crippen LogP contribution in [-0.2, 0) is 4.79 Å². The van der Waals surface area contributed by atoms with Gasteiger partial charge in [0.2, 0.25) is 0 Å². The summed E-state index contributed by atoms with van der Waals surface area (Å²) in [6.45, 7) is 3.30. The van der Waals surface area contributed by atoms with E-state index in [2.05, 4.69) is 0 Å².